The van der Waals surface area contributed by atoms with Crippen LogP contribution in [0.15, 0.2) is 6.07 Å². The van der Waals surface area contributed by atoms with E-state index in [2.05, 4.69) is 0 Å². The lowest BCUT2D eigenvalue weighted by Gasteiger charge is -2.12. The normalized spacial score (nSPS) is 15.7. The van der Waals surface area contributed by atoms with Gasteiger partial charge in [0.25, 0.3) is 5.91 Å². The van der Waals surface area contributed by atoms with Crippen LogP contribution in [-0.4, -0.2) is 47.7 Å². The number of Topliss-reactive ketones (excluding diaryl/α,β-unsaturated/α-hetero) is 1. The van der Waals surface area contributed by atoms with Crippen molar-refractivity contribution in [3.63, 3.8) is 0 Å². The lowest BCUT2D eigenvalue weighted by Crippen LogP contribution is -2.36. The average molecular weight is 266 g/mol. The standard InChI is InChI=1S/C12H14N2O3S/c1-7-4-9(8(2)18-7)10(15)5-14-11(16)6-13(3)12(14)17/h4H,5-6H2,1-3H3. The van der Waals surface area contributed by atoms with Gasteiger partial charge in [-0.25, -0.2) is 4.79 Å². The van der Waals surface area contributed by atoms with E-state index in [1.165, 1.54) is 16.2 Å². The van der Waals surface area contributed by atoms with Crippen LogP contribution < -0.4 is 0 Å². The molecule has 0 aliphatic carbocycles. The van der Waals surface area contributed by atoms with Crippen molar-refractivity contribution in [2.24, 2.45) is 0 Å². The summed E-state index contributed by atoms with van der Waals surface area (Å²) in [6, 6.07) is 1.40. The summed E-state index contributed by atoms with van der Waals surface area (Å²) in [5, 5.41) is 0. The number of carbonyl (C=O) groups is 3. The lowest BCUT2D eigenvalue weighted by molar-refractivity contribution is -0.125. The molecule has 0 spiro atoms. The highest BCUT2D eigenvalue weighted by molar-refractivity contribution is 7.12. The molecule has 2 rings (SSSR count). The molecular formula is C12H14N2O3S. The molecule has 0 bridgehead atoms. The monoisotopic (exact) mass is 266 g/mol. The summed E-state index contributed by atoms with van der Waals surface area (Å²) in [4.78, 5) is 39.6. The van der Waals surface area contributed by atoms with E-state index in [-0.39, 0.29) is 24.8 Å². The van der Waals surface area contributed by atoms with E-state index in [0.717, 1.165) is 14.7 Å². The number of hydrogen-bond donors (Lipinski definition) is 0. The van der Waals surface area contributed by atoms with Crippen LogP contribution in [0.1, 0.15) is 20.1 Å². The molecule has 96 valence electrons. The summed E-state index contributed by atoms with van der Waals surface area (Å²) in [6.45, 7) is 3.67. The predicted molar refractivity (Wildman–Crippen MR) is 67.9 cm³/mol. The van der Waals surface area contributed by atoms with Gasteiger partial charge in [-0.1, -0.05) is 0 Å². The molecule has 0 N–H and O–H groups in total. The maximum Gasteiger partial charge on any atom is 0.327 e. The van der Waals surface area contributed by atoms with Crippen LogP contribution in [0, 0.1) is 13.8 Å². The molecular weight excluding hydrogens is 252 g/mol. The molecule has 5 nitrogen and oxygen atoms in total. The van der Waals surface area contributed by atoms with Gasteiger partial charge >= 0.3 is 6.03 Å². The van der Waals surface area contributed by atoms with E-state index in [9.17, 15) is 14.4 Å². The Morgan fingerprint density at radius 1 is 1.39 bits per heavy atom. The number of nitrogens with zero attached hydrogens (tertiary/aromatic N) is 2. The first kappa shape index (κ1) is 12.8. The number of rotatable bonds is 3. The Kier molecular flexibility index (Phi) is 3.21. The largest absolute Gasteiger partial charge is 0.327 e. The number of imide groups is 1. The quantitative estimate of drug-likeness (QED) is 0.614. The number of aryl methyl sites for hydroxylation is 2. The molecule has 1 saturated heterocycles. The fourth-order valence-corrected chi connectivity index (χ4v) is 2.90. The second-order valence-electron chi connectivity index (χ2n) is 4.37. The summed E-state index contributed by atoms with van der Waals surface area (Å²) in [6.07, 6.45) is 0. The highest BCUT2D eigenvalue weighted by Crippen LogP contribution is 2.21. The van der Waals surface area contributed by atoms with Gasteiger partial charge < -0.3 is 4.90 Å². The van der Waals surface area contributed by atoms with Crippen LogP contribution in [0.4, 0.5) is 4.79 Å². The molecule has 1 aromatic rings. The maximum atomic E-state index is 12.1. The Morgan fingerprint density at radius 3 is 2.50 bits per heavy atom. The van der Waals surface area contributed by atoms with Gasteiger partial charge in [0.2, 0.25) is 0 Å². The Labute approximate surface area is 109 Å². The molecule has 6 heteroatoms. The zero-order chi connectivity index (χ0) is 13.4. The molecule has 1 aliphatic heterocycles. The lowest BCUT2D eigenvalue weighted by atomic mass is 10.1. The van der Waals surface area contributed by atoms with Gasteiger partial charge in [-0.05, 0) is 19.9 Å². The molecule has 0 saturated carbocycles. The first-order valence-electron chi connectivity index (χ1n) is 5.56. The summed E-state index contributed by atoms with van der Waals surface area (Å²) in [7, 11) is 1.55. The second-order valence-corrected chi connectivity index (χ2v) is 5.83. The molecule has 2 heterocycles. The Balaban J connectivity index is 2.15. The molecule has 1 aromatic heterocycles. The average Bonchev–Trinajstić information content (AvgIpc) is 2.73. The van der Waals surface area contributed by atoms with Gasteiger partial charge in [0.05, 0.1) is 6.54 Å². The maximum absolute atomic E-state index is 12.1. The number of likely N-dealkylation sites (N-methyl/N-ethyl adjacent to an activating group) is 1. The van der Waals surface area contributed by atoms with Crippen molar-refractivity contribution in [3.8, 4) is 0 Å². The van der Waals surface area contributed by atoms with Crippen LogP contribution >= 0.6 is 11.3 Å². The van der Waals surface area contributed by atoms with Crippen molar-refractivity contribution in [1.82, 2.24) is 9.80 Å². The van der Waals surface area contributed by atoms with Crippen LogP contribution in [-0.2, 0) is 4.79 Å². The Morgan fingerprint density at radius 2 is 2.06 bits per heavy atom. The van der Waals surface area contributed by atoms with Crippen molar-refractivity contribution in [1.29, 1.82) is 0 Å². The number of ketones is 1. The van der Waals surface area contributed by atoms with Gasteiger partial charge in [0, 0.05) is 22.4 Å². The first-order valence-corrected chi connectivity index (χ1v) is 6.37. The zero-order valence-electron chi connectivity index (χ0n) is 10.5. The number of carbonyl (C=O) groups excluding carboxylic acids is 3. The van der Waals surface area contributed by atoms with Gasteiger partial charge in [-0.2, -0.15) is 0 Å². The molecule has 0 atom stereocenters. The van der Waals surface area contributed by atoms with Crippen molar-refractivity contribution >= 4 is 29.1 Å². The van der Waals surface area contributed by atoms with Crippen LogP contribution in [0.5, 0.6) is 0 Å². The molecule has 3 amide bonds. The SMILES string of the molecule is Cc1cc(C(=O)CN2C(=O)CN(C)C2=O)c(C)s1. The van der Waals surface area contributed by atoms with Gasteiger partial charge in [-0.15, -0.1) is 11.3 Å². The molecule has 0 radical (unpaired) electrons. The van der Waals surface area contributed by atoms with E-state index < -0.39 is 6.03 Å². The third-order valence-corrected chi connectivity index (χ3v) is 3.84. The Bertz CT molecular complexity index is 535. The van der Waals surface area contributed by atoms with E-state index in [0.29, 0.717) is 5.56 Å². The molecule has 1 aliphatic rings. The second kappa shape index (κ2) is 4.53. The highest BCUT2D eigenvalue weighted by Gasteiger charge is 2.35. The van der Waals surface area contributed by atoms with Crippen molar-refractivity contribution in [3.05, 3.63) is 21.4 Å². The van der Waals surface area contributed by atoms with E-state index >= 15 is 0 Å². The predicted octanol–water partition coefficient (Wildman–Crippen LogP) is 1.44. The third kappa shape index (κ3) is 2.15. The minimum Gasteiger partial charge on any atom is -0.318 e. The molecule has 0 unspecified atom stereocenters. The highest BCUT2D eigenvalue weighted by atomic mass is 32.1. The first-order chi connectivity index (χ1) is 8.40. The van der Waals surface area contributed by atoms with Gasteiger partial charge in [0.1, 0.15) is 6.54 Å². The van der Waals surface area contributed by atoms with Crippen molar-refractivity contribution in [2.75, 3.05) is 20.1 Å². The molecule has 0 aromatic carbocycles. The minimum atomic E-state index is -0.405. The number of amides is 3. The number of hydrogen-bond acceptors (Lipinski definition) is 4. The molecule has 1 fully saturated rings. The van der Waals surface area contributed by atoms with E-state index in [1.807, 2.05) is 13.8 Å². The summed E-state index contributed by atoms with van der Waals surface area (Å²) in [5.41, 5.74) is 0.604. The summed E-state index contributed by atoms with van der Waals surface area (Å²) in [5.74, 6) is -0.505. The van der Waals surface area contributed by atoms with E-state index in [4.69, 9.17) is 0 Å². The summed E-state index contributed by atoms with van der Waals surface area (Å²) >= 11 is 1.54. The van der Waals surface area contributed by atoms with Crippen LogP contribution in [0.2, 0.25) is 0 Å². The smallest absolute Gasteiger partial charge is 0.318 e. The Hall–Kier alpha value is -1.69. The third-order valence-electron chi connectivity index (χ3n) is 2.87. The fraction of sp³-hybridized carbons (Fsp3) is 0.417. The van der Waals surface area contributed by atoms with Crippen LogP contribution in [0.3, 0.4) is 0 Å². The number of thiophene rings is 1. The number of urea groups is 1. The van der Waals surface area contributed by atoms with Crippen LogP contribution in [0.25, 0.3) is 0 Å². The van der Waals surface area contributed by atoms with Gasteiger partial charge in [-0.3, -0.25) is 14.5 Å². The molecule has 18 heavy (non-hydrogen) atoms. The zero-order valence-corrected chi connectivity index (χ0v) is 11.3. The van der Waals surface area contributed by atoms with Gasteiger partial charge in [0.15, 0.2) is 5.78 Å². The fourth-order valence-electron chi connectivity index (χ4n) is 1.96. The topological polar surface area (TPSA) is 57.7 Å². The summed E-state index contributed by atoms with van der Waals surface area (Å²) < 4.78 is 0. The van der Waals surface area contributed by atoms with E-state index in [1.54, 1.807) is 13.1 Å². The van der Waals surface area contributed by atoms with Crippen molar-refractivity contribution in [2.45, 2.75) is 13.8 Å². The minimum absolute atomic E-state index is 0.0494. The van der Waals surface area contributed by atoms with Crippen molar-refractivity contribution < 1.29 is 14.4 Å².